The zero-order chi connectivity index (χ0) is 17.6. The number of carbonyl (C=O) groups is 1. The Hall–Kier alpha value is -3.11. The number of H-pyrrole nitrogens is 1. The summed E-state index contributed by atoms with van der Waals surface area (Å²) in [5, 5.41) is 4.53. The standard InChI is InChI=1S/C18H16N4O2S/c1-22(12-15-20-14-9-11-25-16(14)17(23)21-15)18(24)19-10-5-8-13-6-3-2-4-7-13/h2-4,6-7,9,11H,10,12H2,1H3,(H,19,24)(H,20,21,23). The van der Waals surface area contributed by atoms with Crippen molar-refractivity contribution in [3.63, 3.8) is 0 Å². The molecule has 6 nitrogen and oxygen atoms in total. The van der Waals surface area contributed by atoms with Crippen molar-refractivity contribution in [2.75, 3.05) is 13.6 Å². The first-order valence-corrected chi connectivity index (χ1v) is 8.51. The Morgan fingerprint density at radius 3 is 2.92 bits per heavy atom. The molecule has 0 fully saturated rings. The largest absolute Gasteiger partial charge is 0.327 e. The lowest BCUT2D eigenvalue weighted by atomic mass is 10.2. The van der Waals surface area contributed by atoms with Gasteiger partial charge in [-0.1, -0.05) is 30.0 Å². The topological polar surface area (TPSA) is 78.1 Å². The van der Waals surface area contributed by atoms with Crippen LogP contribution in [0.4, 0.5) is 4.79 Å². The van der Waals surface area contributed by atoms with Crippen LogP contribution in [-0.4, -0.2) is 34.5 Å². The van der Waals surface area contributed by atoms with Crippen LogP contribution in [0.15, 0.2) is 46.6 Å². The average Bonchev–Trinajstić information content (AvgIpc) is 3.08. The number of fused-ring (bicyclic) bond motifs is 1. The molecule has 2 aromatic heterocycles. The fraction of sp³-hybridized carbons (Fsp3) is 0.167. The number of amides is 2. The predicted octanol–water partition coefficient (Wildman–Crippen LogP) is 2.18. The molecular weight excluding hydrogens is 336 g/mol. The number of hydrogen-bond donors (Lipinski definition) is 2. The van der Waals surface area contributed by atoms with E-state index < -0.39 is 0 Å². The van der Waals surface area contributed by atoms with Gasteiger partial charge in [-0.25, -0.2) is 9.78 Å². The number of rotatable bonds is 3. The monoisotopic (exact) mass is 352 g/mol. The molecule has 0 aliphatic rings. The number of thiophene rings is 1. The van der Waals surface area contributed by atoms with E-state index in [1.165, 1.54) is 16.2 Å². The molecule has 0 unspecified atom stereocenters. The normalized spacial score (nSPS) is 10.1. The number of benzene rings is 1. The summed E-state index contributed by atoms with van der Waals surface area (Å²) in [6.45, 7) is 0.449. The van der Waals surface area contributed by atoms with E-state index in [2.05, 4.69) is 27.1 Å². The van der Waals surface area contributed by atoms with Crippen molar-refractivity contribution in [3.05, 3.63) is 63.5 Å². The Bertz CT molecular complexity index is 998. The van der Waals surface area contributed by atoms with Crippen LogP contribution < -0.4 is 10.9 Å². The molecule has 1 aromatic carbocycles. The van der Waals surface area contributed by atoms with Crippen LogP contribution in [-0.2, 0) is 6.54 Å². The molecule has 0 atom stereocenters. The van der Waals surface area contributed by atoms with Gasteiger partial charge in [0.2, 0.25) is 0 Å². The summed E-state index contributed by atoms with van der Waals surface area (Å²) < 4.78 is 0.590. The third kappa shape index (κ3) is 4.25. The molecule has 0 bridgehead atoms. The maximum absolute atomic E-state index is 12.1. The number of nitrogens with one attached hydrogen (secondary N) is 2. The van der Waals surface area contributed by atoms with Gasteiger partial charge in [-0.15, -0.1) is 11.3 Å². The minimum Gasteiger partial charge on any atom is -0.327 e. The summed E-state index contributed by atoms with van der Waals surface area (Å²) in [4.78, 5) is 32.5. The van der Waals surface area contributed by atoms with Gasteiger partial charge in [0.25, 0.3) is 5.56 Å². The fourth-order valence-corrected chi connectivity index (χ4v) is 2.94. The predicted molar refractivity (Wildman–Crippen MR) is 98.4 cm³/mol. The van der Waals surface area contributed by atoms with Crippen molar-refractivity contribution in [2.45, 2.75) is 6.54 Å². The van der Waals surface area contributed by atoms with Crippen LogP contribution in [0.1, 0.15) is 11.4 Å². The van der Waals surface area contributed by atoms with Crippen LogP contribution in [0.5, 0.6) is 0 Å². The second kappa shape index (κ2) is 7.64. The van der Waals surface area contributed by atoms with E-state index in [1.54, 1.807) is 13.1 Å². The van der Waals surface area contributed by atoms with Crippen molar-refractivity contribution in [1.82, 2.24) is 20.2 Å². The second-order valence-corrected chi connectivity index (χ2v) is 6.25. The van der Waals surface area contributed by atoms with E-state index in [0.717, 1.165) is 5.56 Å². The third-order valence-electron chi connectivity index (χ3n) is 3.43. The zero-order valence-electron chi connectivity index (χ0n) is 13.6. The lowest BCUT2D eigenvalue weighted by Gasteiger charge is -2.16. The van der Waals surface area contributed by atoms with E-state index in [1.807, 2.05) is 35.7 Å². The summed E-state index contributed by atoms with van der Waals surface area (Å²) in [5.41, 5.74) is 1.36. The van der Waals surface area contributed by atoms with Crippen molar-refractivity contribution < 1.29 is 4.79 Å². The van der Waals surface area contributed by atoms with E-state index in [9.17, 15) is 9.59 Å². The Morgan fingerprint density at radius 1 is 1.32 bits per heavy atom. The quantitative estimate of drug-likeness (QED) is 0.709. The highest BCUT2D eigenvalue weighted by molar-refractivity contribution is 7.17. The first kappa shape index (κ1) is 16.7. The van der Waals surface area contributed by atoms with Gasteiger partial charge in [-0.05, 0) is 23.6 Å². The second-order valence-electron chi connectivity index (χ2n) is 5.33. The smallest absolute Gasteiger partial charge is 0.318 e. The fourth-order valence-electron chi connectivity index (χ4n) is 2.22. The van der Waals surface area contributed by atoms with Crippen LogP contribution in [0.3, 0.4) is 0 Å². The molecule has 0 aliphatic carbocycles. The van der Waals surface area contributed by atoms with E-state index in [-0.39, 0.29) is 24.7 Å². The maximum atomic E-state index is 12.1. The van der Waals surface area contributed by atoms with Crippen molar-refractivity contribution >= 4 is 27.6 Å². The zero-order valence-corrected chi connectivity index (χ0v) is 14.4. The third-order valence-corrected chi connectivity index (χ3v) is 4.33. The molecule has 2 amide bonds. The molecule has 3 rings (SSSR count). The van der Waals surface area contributed by atoms with E-state index in [0.29, 0.717) is 16.0 Å². The molecular formula is C18H16N4O2S. The van der Waals surface area contributed by atoms with Crippen molar-refractivity contribution in [1.29, 1.82) is 0 Å². The van der Waals surface area contributed by atoms with E-state index in [4.69, 9.17) is 0 Å². The number of aromatic nitrogens is 2. The van der Waals surface area contributed by atoms with Gasteiger partial charge in [0.05, 0.1) is 18.6 Å². The summed E-state index contributed by atoms with van der Waals surface area (Å²) in [7, 11) is 1.64. The van der Waals surface area contributed by atoms with Gasteiger partial charge >= 0.3 is 6.03 Å². The molecule has 0 saturated carbocycles. The summed E-state index contributed by atoms with van der Waals surface area (Å²) in [6, 6.07) is 11.1. The molecule has 0 aliphatic heterocycles. The number of hydrogen-bond acceptors (Lipinski definition) is 4. The Labute approximate surface area is 148 Å². The highest BCUT2D eigenvalue weighted by Crippen LogP contribution is 2.13. The van der Waals surface area contributed by atoms with E-state index >= 15 is 0 Å². The summed E-state index contributed by atoms with van der Waals surface area (Å²) in [6.07, 6.45) is 0. The molecule has 0 radical (unpaired) electrons. The van der Waals surface area contributed by atoms with Gasteiger partial charge < -0.3 is 15.2 Å². The molecule has 0 spiro atoms. The van der Waals surface area contributed by atoms with Gasteiger partial charge in [0, 0.05) is 12.6 Å². The minimum atomic E-state index is -0.282. The van der Waals surface area contributed by atoms with Gasteiger partial charge in [-0.2, -0.15) is 0 Å². The van der Waals surface area contributed by atoms with Crippen molar-refractivity contribution in [3.8, 4) is 11.8 Å². The van der Waals surface area contributed by atoms with Crippen LogP contribution in [0, 0.1) is 11.8 Å². The number of urea groups is 1. The number of nitrogens with zero attached hydrogens (tertiary/aromatic N) is 2. The summed E-state index contributed by atoms with van der Waals surface area (Å²) in [5.74, 6) is 6.32. The summed E-state index contributed by atoms with van der Waals surface area (Å²) >= 11 is 1.35. The minimum absolute atomic E-state index is 0.183. The van der Waals surface area contributed by atoms with Crippen LogP contribution in [0.2, 0.25) is 0 Å². The van der Waals surface area contributed by atoms with Crippen LogP contribution in [0.25, 0.3) is 10.2 Å². The first-order chi connectivity index (χ1) is 12.1. The Balaban J connectivity index is 1.57. The molecule has 2 N–H and O–H groups in total. The highest BCUT2D eigenvalue weighted by Gasteiger charge is 2.11. The lowest BCUT2D eigenvalue weighted by Crippen LogP contribution is -2.37. The molecule has 126 valence electrons. The molecule has 25 heavy (non-hydrogen) atoms. The van der Waals surface area contributed by atoms with Gasteiger partial charge in [0.1, 0.15) is 10.5 Å². The lowest BCUT2D eigenvalue weighted by molar-refractivity contribution is 0.207. The van der Waals surface area contributed by atoms with Crippen molar-refractivity contribution in [2.24, 2.45) is 0 Å². The Morgan fingerprint density at radius 2 is 2.12 bits per heavy atom. The number of aromatic amines is 1. The van der Waals surface area contributed by atoms with Gasteiger partial charge in [-0.3, -0.25) is 4.79 Å². The average molecular weight is 352 g/mol. The molecule has 0 saturated heterocycles. The molecule has 2 heterocycles. The van der Waals surface area contributed by atoms with Crippen LogP contribution >= 0.6 is 11.3 Å². The number of carbonyl (C=O) groups excluding carboxylic acids is 1. The highest BCUT2D eigenvalue weighted by atomic mass is 32.1. The molecule has 3 aromatic rings. The van der Waals surface area contributed by atoms with Gasteiger partial charge in [0.15, 0.2) is 0 Å². The molecule has 7 heteroatoms. The first-order valence-electron chi connectivity index (χ1n) is 7.63. The Kier molecular flexibility index (Phi) is 5.11. The maximum Gasteiger partial charge on any atom is 0.318 e. The SMILES string of the molecule is CN(Cc1nc2ccsc2c(=O)[nH]1)C(=O)NCC#Cc1ccccc1.